The van der Waals surface area contributed by atoms with E-state index in [9.17, 15) is 9.59 Å². The van der Waals surface area contributed by atoms with Gasteiger partial charge < -0.3 is 25.0 Å². The summed E-state index contributed by atoms with van der Waals surface area (Å²) in [4.78, 5) is 30.3. The topological polar surface area (TPSA) is 83.1 Å². The summed E-state index contributed by atoms with van der Waals surface area (Å²) >= 11 is 5.61. The van der Waals surface area contributed by atoms with Crippen LogP contribution in [-0.4, -0.2) is 60.7 Å². The van der Waals surface area contributed by atoms with Crippen molar-refractivity contribution in [2.45, 2.75) is 6.54 Å². The van der Waals surface area contributed by atoms with Gasteiger partial charge in [0.15, 0.2) is 16.6 Å². The number of para-hydroxylation sites is 1. The van der Waals surface area contributed by atoms with E-state index >= 15 is 0 Å². The molecule has 6 rings (SSSR count). The molecule has 0 unspecified atom stereocenters. The molecule has 2 amide bonds. The zero-order chi connectivity index (χ0) is 26.4. The predicted octanol–water partition coefficient (Wildman–Crippen LogP) is 4.37. The monoisotopic (exact) mass is 526 g/mol. The first-order valence-electron chi connectivity index (χ1n) is 12.3. The molecule has 2 heterocycles. The zero-order valence-corrected chi connectivity index (χ0v) is 21.9. The van der Waals surface area contributed by atoms with Crippen molar-refractivity contribution in [2.24, 2.45) is 0 Å². The fourth-order valence-corrected chi connectivity index (χ4v) is 5.24. The van der Waals surface area contributed by atoms with Crippen LogP contribution in [0, 0.1) is 0 Å². The van der Waals surface area contributed by atoms with Crippen LogP contribution in [0.3, 0.4) is 0 Å². The van der Waals surface area contributed by atoms with Crippen molar-refractivity contribution in [3.8, 4) is 11.5 Å². The van der Waals surface area contributed by atoms with Gasteiger partial charge in [-0.2, -0.15) is 0 Å². The van der Waals surface area contributed by atoms with Gasteiger partial charge in [0, 0.05) is 47.2 Å². The number of benzene rings is 4. The van der Waals surface area contributed by atoms with E-state index in [1.807, 2.05) is 73.6 Å². The quantitative estimate of drug-likeness (QED) is 0.218. The van der Waals surface area contributed by atoms with Gasteiger partial charge in [-0.25, -0.2) is 0 Å². The second-order valence-electron chi connectivity index (χ2n) is 9.58. The molecule has 0 aromatic heterocycles. The number of imide groups is 1. The normalized spacial score (nSPS) is 14.0. The molecule has 0 bridgehead atoms. The van der Waals surface area contributed by atoms with Crippen molar-refractivity contribution in [3.05, 3.63) is 77.4 Å². The molecule has 4 aromatic rings. The van der Waals surface area contributed by atoms with Gasteiger partial charge in [0.25, 0.3) is 11.8 Å². The second kappa shape index (κ2) is 9.59. The maximum Gasteiger partial charge on any atom is 0.262 e. The summed E-state index contributed by atoms with van der Waals surface area (Å²) in [7, 11) is 3.84. The minimum absolute atomic E-state index is 0.208. The smallest absolute Gasteiger partial charge is 0.262 e. The molecular formula is C29H26N4O4S. The zero-order valence-electron chi connectivity index (χ0n) is 21.0. The van der Waals surface area contributed by atoms with Gasteiger partial charge in [0.2, 0.25) is 6.79 Å². The second-order valence-corrected chi connectivity index (χ2v) is 9.99. The maximum atomic E-state index is 13.7. The Morgan fingerprint density at radius 3 is 2.66 bits per heavy atom. The number of ether oxygens (including phenoxy) is 2. The van der Waals surface area contributed by atoms with Crippen LogP contribution in [0.4, 0.5) is 5.69 Å². The Kier molecular flexibility index (Phi) is 6.09. The Balaban J connectivity index is 1.34. The van der Waals surface area contributed by atoms with Crippen LogP contribution in [0.25, 0.3) is 21.5 Å². The highest BCUT2D eigenvalue weighted by molar-refractivity contribution is 7.80. The van der Waals surface area contributed by atoms with Crippen molar-refractivity contribution in [1.82, 2.24) is 15.1 Å². The average molecular weight is 527 g/mol. The van der Waals surface area contributed by atoms with Crippen LogP contribution in [0.2, 0.25) is 0 Å². The van der Waals surface area contributed by atoms with Crippen molar-refractivity contribution in [2.75, 3.05) is 39.3 Å². The summed E-state index contributed by atoms with van der Waals surface area (Å²) < 4.78 is 11.0. The third-order valence-corrected chi connectivity index (χ3v) is 7.14. The number of likely N-dealkylation sites (N-methyl/N-ethyl adjacent to an activating group) is 1. The van der Waals surface area contributed by atoms with E-state index in [4.69, 9.17) is 21.7 Å². The lowest BCUT2D eigenvalue weighted by atomic mass is 9.89. The molecule has 0 aliphatic carbocycles. The van der Waals surface area contributed by atoms with Gasteiger partial charge in [-0.1, -0.05) is 36.4 Å². The van der Waals surface area contributed by atoms with Crippen molar-refractivity contribution < 1.29 is 19.1 Å². The molecule has 0 saturated heterocycles. The number of rotatable bonds is 6. The predicted molar refractivity (Wildman–Crippen MR) is 151 cm³/mol. The Labute approximate surface area is 225 Å². The number of nitrogens with zero attached hydrogens (tertiary/aromatic N) is 2. The standard InChI is InChI=1S/C29H26N4O4S/c1-32(2)12-13-33-27(34)20-9-3-6-17-14-21-19(25(24(17)20)28(33)35)8-5-10-22(21)31-29(38)30-15-18-7-4-11-23-26(18)37-16-36-23/h3-11,14H,12-13,15-16H2,1-2H3,(H2,30,31,38). The van der Waals surface area contributed by atoms with Gasteiger partial charge in [0.05, 0.1) is 5.56 Å². The minimum atomic E-state index is -0.274. The number of hydrogen-bond acceptors (Lipinski definition) is 6. The summed E-state index contributed by atoms with van der Waals surface area (Å²) in [5, 5.41) is 10.1. The molecule has 0 atom stereocenters. The Morgan fingerprint density at radius 2 is 1.82 bits per heavy atom. The molecule has 0 spiro atoms. The lowest BCUT2D eigenvalue weighted by Gasteiger charge is -2.29. The van der Waals surface area contributed by atoms with Gasteiger partial charge in [-0.05, 0) is 61.4 Å². The van der Waals surface area contributed by atoms with Crippen molar-refractivity contribution >= 4 is 56.4 Å². The van der Waals surface area contributed by atoms with Crippen LogP contribution >= 0.6 is 12.2 Å². The molecule has 2 N–H and O–H groups in total. The number of carbonyl (C=O) groups is 2. The van der Waals surface area contributed by atoms with Gasteiger partial charge in [0.1, 0.15) is 0 Å². The molecule has 0 saturated carbocycles. The van der Waals surface area contributed by atoms with Crippen LogP contribution in [-0.2, 0) is 6.54 Å². The molecule has 192 valence electrons. The Bertz CT molecular complexity index is 1630. The summed E-state index contributed by atoms with van der Waals surface area (Å²) in [6.45, 7) is 1.57. The highest BCUT2D eigenvalue weighted by Gasteiger charge is 2.34. The number of hydrogen-bond donors (Lipinski definition) is 2. The van der Waals surface area contributed by atoms with Crippen LogP contribution < -0.4 is 20.1 Å². The van der Waals surface area contributed by atoms with E-state index < -0.39 is 0 Å². The number of fused-ring (bicyclic) bond motifs is 3. The maximum absolute atomic E-state index is 13.7. The first-order chi connectivity index (χ1) is 18.4. The Morgan fingerprint density at radius 1 is 1.00 bits per heavy atom. The SMILES string of the molecule is CN(C)CCN1C(=O)c2cccc3cc4c(NC(=S)NCc5cccc6c5OCO6)cccc4c(c23)C1=O. The summed E-state index contributed by atoms with van der Waals surface area (Å²) in [5.74, 6) is 0.918. The summed E-state index contributed by atoms with van der Waals surface area (Å²) in [5.41, 5.74) is 2.81. The number of thiocarbonyl (C=S) groups is 1. The van der Waals surface area contributed by atoms with E-state index in [0.29, 0.717) is 41.3 Å². The van der Waals surface area contributed by atoms with Crippen LogP contribution in [0.1, 0.15) is 26.3 Å². The van der Waals surface area contributed by atoms with Crippen molar-refractivity contribution in [1.29, 1.82) is 0 Å². The van der Waals surface area contributed by atoms with Gasteiger partial charge in [-0.15, -0.1) is 0 Å². The van der Waals surface area contributed by atoms with E-state index in [2.05, 4.69) is 10.6 Å². The highest BCUT2D eigenvalue weighted by Crippen LogP contribution is 2.38. The van der Waals surface area contributed by atoms with Crippen molar-refractivity contribution in [3.63, 3.8) is 0 Å². The van der Waals surface area contributed by atoms with E-state index in [-0.39, 0.29) is 18.6 Å². The lowest BCUT2D eigenvalue weighted by molar-refractivity contribution is 0.0602. The number of anilines is 1. The molecule has 38 heavy (non-hydrogen) atoms. The summed E-state index contributed by atoms with van der Waals surface area (Å²) in [6.07, 6.45) is 0. The summed E-state index contributed by atoms with van der Waals surface area (Å²) in [6, 6.07) is 19.1. The molecule has 2 aliphatic rings. The highest BCUT2D eigenvalue weighted by atomic mass is 32.1. The fourth-order valence-electron chi connectivity index (χ4n) is 5.06. The largest absolute Gasteiger partial charge is 0.454 e. The average Bonchev–Trinajstić information content (AvgIpc) is 3.39. The van der Waals surface area contributed by atoms with E-state index in [1.54, 1.807) is 6.07 Å². The van der Waals surface area contributed by atoms with Gasteiger partial charge >= 0.3 is 0 Å². The fraction of sp³-hybridized carbons (Fsp3) is 0.207. The first-order valence-corrected chi connectivity index (χ1v) is 12.7. The number of nitrogens with one attached hydrogen (secondary N) is 2. The number of carbonyl (C=O) groups excluding carboxylic acids is 2. The molecule has 0 radical (unpaired) electrons. The van der Waals surface area contributed by atoms with E-state index in [1.165, 1.54) is 4.90 Å². The first kappa shape index (κ1) is 24.1. The molecule has 0 fully saturated rings. The molecular weight excluding hydrogens is 500 g/mol. The minimum Gasteiger partial charge on any atom is -0.454 e. The Hall–Kier alpha value is -4.21. The molecule has 8 nitrogen and oxygen atoms in total. The van der Waals surface area contributed by atoms with Gasteiger partial charge in [-0.3, -0.25) is 14.5 Å². The lowest BCUT2D eigenvalue weighted by Crippen LogP contribution is -2.43. The van der Waals surface area contributed by atoms with Crippen LogP contribution in [0.15, 0.2) is 60.7 Å². The molecule has 4 aromatic carbocycles. The third-order valence-electron chi connectivity index (χ3n) is 6.89. The van der Waals surface area contributed by atoms with E-state index in [0.717, 1.165) is 38.9 Å². The van der Waals surface area contributed by atoms with Crippen LogP contribution in [0.5, 0.6) is 11.5 Å². The molecule has 2 aliphatic heterocycles. The molecule has 9 heteroatoms. The third kappa shape index (κ3) is 4.09. The number of amides is 2.